The van der Waals surface area contributed by atoms with E-state index < -0.39 is 18.7 Å². The Kier molecular flexibility index (Phi) is 6.14. The topological polar surface area (TPSA) is 26.3 Å². The fourth-order valence-electron chi connectivity index (χ4n) is 2.93. The van der Waals surface area contributed by atoms with Gasteiger partial charge >= 0.3 is 0 Å². The maximum atomic E-state index is 13.4. The standard InChI is InChI=1S/C23H25O2PS/c1-23(2,3)27(24)21-17-11-16-20(25-4)22(21)26(18-12-7-5-8-13-18)19-14-9-6-10-15-19/h5-17H,1-4H3/t27-/m0/s1. The third kappa shape index (κ3) is 4.31. The molecule has 27 heavy (non-hydrogen) atoms. The van der Waals surface area contributed by atoms with Crippen LogP contribution >= 0.6 is 7.92 Å². The highest BCUT2D eigenvalue weighted by atomic mass is 32.2. The lowest BCUT2D eigenvalue weighted by Crippen LogP contribution is -2.30. The highest BCUT2D eigenvalue weighted by Gasteiger charge is 2.30. The third-order valence-electron chi connectivity index (χ3n) is 4.19. The summed E-state index contributed by atoms with van der Waals surface area (Å²) in [6.45, 7) is 6.04. The van der Waals surface area contributed by atoms with E-state index in [-0.39, 0.29) is 4.75 Å². The molecule has 1 atom stereocenters. The van der Waals surface area contributed by atoms with Crippen molar-refractivity contribution in [3.05, 3.63) is 78.9 Å². The highest BCUT2D eigenvalue weighted by Crippen LogP contribution is 2.40. The predicted molar refractivity (Wildman–Crippen MR) is 118 cm³/mol. The minimum absolute atomic E-state index is 0.352. The molecule has 0 bridgehead atoms. The monoisotopic (exact) mass is 396 g/mol. The van der Waals surface area contributed by atoms with Gasteiger partial charge in [0.1, 0.15) is 5.75 Å². The minimum Gasteiger partial charge on any atom is -0.496 e. The zero-order valence-electron chi connectivity index (χ0n) is 16.2. The molecular formula is C23H25O2PS. The van der Waals surface area contributed by atoms with E-state index in [1.165, 1.54) is 10.6 Å². The van der Waals surface area contributed by atoms with E-state index in [1.807, 2.05) is 51.1 Å². The minimum atomic E-state index is -1.16. The maximum Gasteiger partial charge on any atom is 0.128 e. The lowest BCUT2D eigenvalue weighted by molar-refractivity contribution is 0.417. The summed E-state index contributed by atoms with van der Waals surface area (Å²) in [7, 11) is -0.361. The smallest absolute Gasteiger partial charge is 0.128 e. The number of benzene rings is 3. The molecule has 0 spiro atoms. The summed E-state index contributed by atoms with van der Waals surface area (Å²) in [6.07, 6.45) is 0. The summed E-state index contributed by atoms with van der Waals surface area (Å²) in [4.78, 5) is 0.862. The molecule has 0 aliphatic carbocycles. The van der Waals surface area contributed by atoms with Crippen molar-refractivity contribution in [1.29, 1.82) is 0 Å². The lowest BCUT2D eigenvalue weighted by atomic mass is 10.3. The molecule has 0 radical (unpaired) electrons. The van der Waals surface area contributed by atoms with Crippen LogP contribution in [0.5, 0.6) is 5.75 Å². The molecule has 0 fully saturated rings. The van der Waals surface area contributed by atoms with Crippen molar-refractivity contribution < 1.29 is 8.95 Å². The Morgan fingerprint density at radius 1 is 0.778 bits per heavy atom. The van der Waals surface area contributed by atoms with Gasteiger partial charge in [0.2, 0.25) is 0 Å². The first-order chi connectivity index (χ1) is 12.9. The largest absolute Gasteiger partial charge is 0.496 e. The molecule has 0 saturated carbocycles. The zero-order chi connectivity index (χ0) is 19.4. The summed E-state index contributed by atoms with van der Waals surface area (Å²) in [5.74, 6) is 0.795. The van der Waals surface area contributed by atoms with E-state index in [0.29, 0.717) is 0 Å². The molecule has 0 heterocycles. The van der Waals surface area contributed by atoms with Gasteiger partial charge in [0.15, 0.2) is 0 Å². The normalized spacial score (nSPS) is 12.8. The van der Waals surface area contributed by atoms with Gasteiger partial charge in [-0.05, 0) is 51.4 Å². The molecule has 3 aromatic carbocycles. The summed E-state index contributed by atoms with van der Waals surface area (Å²) in [5.41, 5.74) is 0. The van der Waals surface area contributed by atoms with E-state index in [1.54, 1.807) is 7.11 Å². The van der Waals surface area contributed by atoms with Gasteiger partial charge in [-0.1, -0.05) is 66.7 Å². The van der Waals surface area contributed by atoms with Crippen LogP contribution in [0.15, 0.2) is 83.8 Å². The molecule has 0 amide bonds. The molecule has 0 N–H and O–H groups in total. The molecular weight excluding hydrogens is 371 g/mol. The van der Waals surface area contributed by atoms with Crippen molar-refractivity contribution >= 4 is 34.6 Å². The van der Waals surface area contributed by atoms with E-state index in [4.69, 9.17) is 4.74 Å². The summed E-state index contributed by atoms with van der Waals surface area (Å²) in [6, 6.07) is 26.8. The average Bonchev–Trinajstić information content (AvgIpc) is 2.68. The fraction of sp³-hybridized carbons (Fsp3) is 0.217. The first kappa shape index (κ1) is 19.8. The van der Waals surface area contributed by atoms with Gasteiger partial charge in [0.05, 0.1) is 22.8 Å². The number of ether oxygens (including phenoxy) is 1. The van der Waals surface area contributed by atoms with Gasteiger partial charge in [-0.15, -0.1) is 0 Å². The Morgan fingerprint density at radius 3 is 1.74 bits per heavy atom. The van der Waals surface area contributed by atoms with Crippen LogP contribution in [0, 0.1) is 0 Å². The number of hydrogen-bond acceptors (Lipinski definition) is 2. The van der Waals surface area contributed by atoms with E-state index in [2.05, 4.69) is 48.5 Å². The molecule has 0 aliphatic rings. The molecule has 0 aromatic heterocycles. The zero-order valence-corrected chi connectivity index (χ0v) is 17.9. The lowest BCUT2D eigenvalue weighted by Gasteiger charge is -2.27. The second-order valence-corrected chi connectivity index (χ2v) is 11.5. The summed E-state index contributed by atoms with van der Waals surface area (Å²) in [5, 5.41) is 3.48. The summed E-state index contributed by atoms with van der Waals surface area (Å²) >= 11 is 0. The number of methoxy groups -OCH3 is 1. The molecule has 3 rings (SSSR count). The second-order valence-electron chi connectivity index (χ2n) is 7.19. The molecule has 140 valence electrons. The highest BCUT2D eigenvalue weighted by molar-refractivity contribution is 7.88. The van der Waals surface area contributed by atoms with Crippen LogP contribution in [0.3, 0.4) is 0 Å². The van der Waals surface area contributed by atoms with Crippen molar-refractivity contribution in [1.82, 2.24) is 0 Å². The Labute approximate surface area is 165 Å². The Balaban J connectivity index is 2.31. The Morgan fingerprint density at radius 2 is 1.30 bits per heavy atom. The van der Waals surface area contributed by atoms with Crippen molar-refractivity contribution in [2.45, 2.75) is 30.4 Å². The van der Waals surface area contributed by atoms with Gasteiger partial charge in [0, 0.05) is 10.1 Å². The average molecular weight is 396 g/mol. The van der Waals surface area contributed by atoms with Crippen molar-refractivity contribution in [3.63, 3.8) is 0 Å². The van der Waals surface area contributed by atoms with E-state index >= 15 is 0 Å². The van der Waals surface area contributed by atoms with E-state index in [0.717, 1.165) is 15.9 Å². The SMILES string of the molecule is COc1cccc([S@](=O)C(C)(C)C)c1P(c1ccccc1)c1ccccc1. The second kappa shape index (κ2) is 8.37. The Bertz CT molecular complexity index is 879. The molecule has 2 nitrogen and oxygen atoms in total. The van der Waals surface area contributed by atoms with Crippen LogP contribution in [-0.2, 0) is 10.8 Å². The van der Waals surface area contributed by atoms with Crippen molar-refractivity contribution in [3.8, 4) is 5.75 Å². The van der Waals surface area contributed by atoms with E-state index in [9.17, 15) is 4.21 Å². The van der Waals surface area contributed by atoms with Crippen LogP contribution < -0.4 is 20.7 Å². The quantitative estimate of drug-likeness (QED) is 0.599. The van der Waals surface area contributed by atoms with Crippen molar-refractivity contribution in [2.24, 2.45) is 0 Å². The first-order valence-electron chi connectivity index (χ1n) is 8.92. The fourth-order valence-corrected chi connectivity index (χ4v) is 7.03. The van der Waals surface area contributed by atoms with Gasteiger partial charge in [0.25, 0.3) is 0 Å². The van der Waals surface area contributed by atoms with Gasteiger partial charge < -0.3 is 4.74 Å². The summed E-state index contributed by atoms with van der Waals surface area (Å²) < 4.78 is 18.8. The van der Waals surface area contributed by atoms with Crippen LogP contribution in [0.4, 0.5) is 0 Å². The molecule has 3 aromatic rings. The maximum absolute atomic E-state index is 13.4. The van der Waals surface area contributed by atoms with Crippen LogP contribution in [0.2, 0.25) is 0 Å². The number of hydrogen-bond donors (Lipinski definition) is 0. The third-order valence-corrected chi connectivity index (χ3v) is 8.73. The van der Waals surface area contributed by atoms with Gasteiger partial charge in [-0.2, -0.15) is 0 Å². The van der Waals surface area contributed by atoms with Crippen molar-refractivity contribution in [2.75, 3.05) is 7.11 Å². The predicted octanol–water partition coefficient (Wildman–Crippen LogP) is 4.36. The van der Waals surface area contributed by atoms with Crippen LogP contribution in [-0.4, -0.2) is 16.1 Å². The van der Waals surface area contributed by atoms with Gasteiger partial charge in [-0.25, -0.2) is 0 Å². The molecule has 0 unspecified atom stereocenters. The van der Waals surface area contributed by atoms with Gasteiger partial charge in [-0.3, -0.25) is 4.21 Å². The molecule has 4 heteroatoms. The number of rotatable bonds is 5. The molecule has 0 saturated heterocycles. The first-order valence-corrected chi connectivity index (χ1v) is 11.4. The van der Waals surface area contributed by atoms with Crippen LogP contribution in [0.25, 0.3) is 0 Å². The van der Waals surface area contributed by atoms with Crippen LogP contribution in [0.1, 0.15) is 20.8 Å². The molecule has 0 aliphatic heterocycles. The Hall–Kier alpha value is -1.96.